The Hall–Kier alpha value is -3.12. The Labute approximate surface area is 201 Å². The molecule has 2 heterocycles. The molecular formula is C23H24N4O5S2. The van der Waals surface area contributed by atoms with Gasteiger partial charge in [0.1, 0.15) is 17.9 Å². The fourth-order valence-electron chi connectivity index (χ4n) is 3.69. The van der Waals surface area contributed by atoms with Crippen LogP contribution in [-0.2, 0) is 20.9 Å². The van der Waals surface area contributed by atoms with Gasteiger partial charge in [0.2, 0.25) is 5.78 Å². The van der Waals surface area contributed by atoms with Crippen LogP contribution in [0, 0.1) is 5.92 Å². The second-order valence-corrected chi connectivity index (χ2v) is 10.0. The molecule has 9 nitrogen and oxygen atoms in total. The number of aromatic nitrogens is 2. The highest BCUT2D eigenvalue weighted by atomic mass is 32.2. The lowest BCUT2D eigenvalue weighted by molar-refractivity contribution is 0.104. The molecule has 178 valence electrons. The maximum absolute atomic E-state index is 13.2. The summed E-state index contributed by atoms with van der Waals surface area (Å²) in [6, 6.07) is 9.72. The molecule has 4 rings (SSSR count). The molecule has 0 unspecified atom stereocenters. The predicted octanol–water partition coefficient (Wildman–Crippen LogP) is 3.29. The molecular weight excluding hydrogens is 476 g/mol. The van der Waals surface area contributed by atoms with Gasteiger partial charge in [-0.1, -0.05) is 18.2 Å². The van der Waals surface area contributed by atoms with Crippen molar-refractivity contribution < 1.29 is 22.1 Å². The Morgan fingerprint density at radius 1 is 1.29 bits per heavy atom. The van der Waals surface area contributed by atoms with E-state index in [1.165, 1.54) is 23.9 Å². The average Bonchev–Trinajstić information content (AvgIpc) is 3.47. The first kappa shape index (κ1) is 24.0. The van der Waals surface area contributed by atoms with Crippen LogP contribution in [0.15, 0.2) is 60.0 Å². The molecule has 0 spiro atoms. The molecule has 0 fully saturated rings. The first-order valence-corrected chi connectivity index (χ1v) is 12.8. The van der Waals surface area contributed by atoms with Gasteiger partial charge in [-0.2, -0.15) is 8.42 Å². The maximum atomic E-state index is 13.2. The van der Waals surface area contributed by atoms with Crippen LogP contribution in [0.25, 0.3) is 0 Å². The van der Waals surface area contributed by atoms with Gasteiger partial charge in [0.15, 0.2) is 0 Å². The number of carbonyl (C=O) groups excluding carboxylic acids is 1. The van der Waals surface area contributed by atoms with E-state index in [1.54, 1.807) is 7.11 Å². The number of rotatable bonds is 10. The van der Waals surface area contributed by atoms with E-state index in [2.05, 4.69) is 15.3 Å². The summed E-state index contributed by atoms with van der Waals surface area (Å²) < 4.78 is 32.0. The highest BCUT2D eigenvalue weighted by Crippen LogP contribution is 2.29. The summed E-state index contributed by atoms with van der Waals surface area (Å²) in [5.41, 5.74) is 3.32. The van der Waals surface area contributed by atoms with Crippen molar-refractivity contribution in [3.63, 3.8) is 0 Å². The van der Waals surface area contributed by atoms with Crippen molar-refractivity contribution in [2.24, 2.45) is 11.1 Å². The van der Waals surface area contributed by atoms with Crippen molar-refractivity contribution in [3.05, 3.63) is 81.6 Å². The topological polar surface area (TPSA) is 134 Å². The first-order chi connectivity index (χ1) is 16.3. The number of nitrogens with two attached hydrogens (primary N) is 1. The zero-order chi connectivity index (χ0) is 24.1. The zero-order valence-electron chi connectivity index (χ0n) is 18.4. The molecule has 1 aliphatic carbocycles. The van der Waals surface area contributed by atoms with Crippen molar-refractivity contribution in [3.8, 4) is 5.75 Å². The number of allylic oxidation sites excluding steroid dienone is 2. The number of benzene rings is 1. The van der Waals surface area contributed by atoms with Crippen molar-refractivity contribution in [1.29, 1.82) is 0 Å². The van der Waals surface area contributed by atoms with Crippen LogP contribution in [0.1, 0.15) is 39.2 Å². The Morgan fingerprint density at radius 3 is 2.94 bits per heavy atom. The summed E-state index contributed by atoms with van der Waals surface area (Å²) in [5, 5.41) is 10.1. The van der Waals surface area contributed by atoms with Crippen LogP contribution in [0.2, 0.25) is 0 Å². The van der Waals surface area contributed by atoms with E-state index in [9.17, 15) is 13.2 Å². The number of hydrogen-bond acceptors (Lipinski definition) is 9. The molecule has 1 aromatic carbocycles. The van der Waals surface area contributed by atoms with E-state index >= 15 is 0 Å². The average molecular weight is 501 g/mol. The van der Waals surface area contributed by atoms with Gasteiger partial charge in [0.25, 0.3) is 0 Å². The third-order valence-corrected chi connectivity index (χ3v) is 6.77. The van der Waals surface area contributed by atoms with Crippen LogP contribution >= 0.6 is 11.3 Å². The summed E-state index contributed by atoms with van der Waals surface area (Å²) in [6.07, 6.45) is 6.67. The monoisotopic (exact) mass is 500 g/mol. The van der Waals surface area contributed by atoms with Gasteiger partial charge in [-0.05, 0) is 59.9 Å². The van der Waals surface area contributed by atoms with E-state index < -0.39 is 10.3 Å². The Balaban J connectivity index is 1.43. The van der Waals surface area contributed by atoms with Crippen molar-refractivity contribution in [2.75, 3.05) is 19.0 Å². The smallest absolute Gasteiger partial charge is 0.333 e. The Kier molecular flexibility index (Phi) is 7.37. The summed E-state index contributed by atoms with van der Waals surface area (Å²) in [4.78, 5) is 22.1. The molecule has 3 aromatic rings. The molecule has 0 aliphatic heterocycles. The molecule has 2 aromatic heterocycles. The molecule has 3 N–H and O–H groups in total. The summed E-state index contributed by atoms with van der Waals surface area (Å²) in [7, 11) is -2.34. The quantitative estimate of drug-likeness (QED) is 0.405. The van der Waals surface area contributed by atoms with E-state index in [0.29, 0.717) is 35.5 Å². The number of ether oxygens (including phenoxy) is 1. The van der Waals surface area contributed by atoms with Gasteiger partial charge in [-0.3, -0.25) is 8.98 Å². The SMILES string of the molecule is COc1cccc(Cc2csc(C(=O)c3cncnc3NC3=CC[C@@H](COS(N)(=O)=O)C3)c2)c1. The van der Waals surface area contributed by atoms with E-state index in [-0.39, 0.29) is 18.3 Å². The number of ketones is 1. The molecule has 34 heavy (non-hydrogen) atoms. The fourth-order valence-corrected chi connectivity index (χ4v) is 4.94. The van der Waals surface area contributed by atoms with Gasteiger partial charge in [-0.25, -0.2) is 15.1 Å². The van der Waals surface area contributed by atoms with E-state index in [0.717, 1.165) is 22.6 Å². The van der Waals surface area contributed by atoms with E-state index in [1.807, 2.05) is 41.8 Å². The van der Waals surface area contributed by atoms with Gasteiger partial charge in [0, 0.05) is 11.9 Å². The lowest BCUT2D eigenvalue weighted by atomic mass is 10.1. The second-order valence-electron chi connectivity index (χ2n) is 7.90. The number of methoxy groups -OCH3 is 1. The van der Waals surface area contributed by atoms with Crippen molar-refractivity contribution >= 4 is 33.2 Å². The Morgan fingerprint density at radius 2 is 2.15 bits per heavy atom. The highest BCUT2D eigenvalue weighted by Gasteiger charge is 2.22. The molecule has 0 amide bonds. The molecule has 0 saturated carbocycles. The number of carbonyl (C=O) groups is 1. The number of hydrogen-bond donors (Lipinski definition) is 2. The third-order valence-electron chi connectivity index (χ3n) is 5.33. The van der Waals surface area contributed by atoms with Crippen LogP contribution < -0.4 is 15.2 Å². The fraction of sp³-hybridized carbons (Fsp3) is 0.261. The Bertz CT molecular complexity index is 1320. The summed E-state index contributed by atoms with van der Waals surface area (Å²) in [5.74, 6) is 0.999. The predicted molar refractivity (Wildman–Crippen MR) is 129 cm³/mol. The van der Waals surface area contributed by atoms with E-state index in [4.69, 9.17) is 14.1 Å². The minimum Gasteiger partial charge on any atom is -0.497 e. The molecule has 0 bridgehead atoms. The summed E-state index contributed by atoms with van der Waals surface area (Å²) in [6.45, 7) is 0.00133. The molecule has 11 heteroatoms. The zero-order valence-corrected chi connectivity index (χ0v) is 20.1. The van der Waals surface area contributed by atoms with Crippen molar-refractivity contribution in [2.45, 2.75) is 19.3 Å². The standard InChI is InChI=1S/C23H24N4O5S2/c1-31-19-4-2-3-15(9-19)7-17-10-21(33-13-17)22(28)20-11-25-14-26-23(20)27-18-6-5-16(8-18)12-32-34(24,29)30/h2-4,6,9-11,13-14,16H,5,7-8,12H2,1H3,(H2,24,29,30)(H,25,26,27)/t16-/m1/s1. The van der Waals surface area contributed by atoms with Crippen LogP contribution in [0.5, 0.6) is 5.75 Å². The lowest BCUT2D eigenvalue weighted by Crippen LogP contribution is -2.20. The van der Waals surface area contributed by atoms with Gasteiger partial charge in [-0.15, -0.1) is 11.3 Å². The largest absolute Gasteiger partial charge is 0.497 e. The second kappa shape index (κ2) is 10.4. The number of thiophene rings is 1. The minimum atomic E-state index is -3.97. The van der Waals surface area contributed by atoms with Gasteiger partial charge < -0.3 is 10.1 Å². The molecule has 0 radical (unpaired) electrons. The lowest BCUT2D eigenvalue weighted by Gasteiger charge is -2.12. The number of anilines is 1. The van der Waals surface area contributed by atoms with Crippen LogP contribution in [0.3, 0.4) is 0 Å². The van der Waals surface area contributed by atoms with Crippen molar-refractivity contribution in [1.82, 2.24) is 9.97 Å². The minimum absolute atomic E-state index is 0.00133. The molecule has 1 aliphatic rings. The third kappa shape index (κ3) is 6.26. The summed E-state index contributed by atoms with van der Waals surface area (Å²) >= 11 is 1.38. The highest BCUT2D eigenvalue weighted by molar-refractivity contribution is 7.84. The number of nitrogens with one attached hydrogen (secondary N) is 1. The first-order valence-electron chi connectivity index (χ1n) is 10.5. The van der Waals surface area contributed by atoms with Crippen LogP contribution in [0.4, 0.5) is 5.82 Å². The molecule has 1 atom stereocenters. The number of nitrogens with zero attached hydrogens (tertiary/aromatic N) is 2. The molecule has 0 saturated heterocycles. The normalized spacial score (nSPS) is 15.7. The van der Waals surface area contributed by atoms with Crippen LogP contribution in [-0.4, -0.2) is 37.9 Å². The maximum Gasteiger partial charge on any atom is 0.333 e. The van der Waals surface area contributed by atoms with Gasteiger partial charge in [0.05, 0.1) is 24.2 Å². The van der Waals surface area contributed by atoms with Gasteiger partial charge >= 0.3 is 10.3 Å².